The molecule has 0 aliphatic carbocycles. The number of hydrogen-bond donors (Lipinski definition) is 0. The van der Waals surface area contributed by atoms with Crippen LogP contribution in [0, 0.1) is 11.8 Å². The largest absolute Gasteiger partial charge is 0.480 e. The van der Waals surface area contributed by atoms with Gasteiger partial charge in [-0.1, -0.05) is 55.5 Å². The molecular weight excluding hydrogens is 264 g/mol. The van der Waals surface area contributed by atoms with Gasteiger partial charge in [0.15, 0.2) is 6.10 Å². The predicted molar refractivity (Wildman–Crippen MR) is 83.3 cm³/mol. The van der Waals surface area contributed by atoms with Crippen molar-refractivity contribution in [2.75, 3.05) is 6.61 Å². The first-order chi connectivity index (χ1) is 10.3. The van der Waals surface area contributed by atoms with Gasteiger partial charge < -0.3 is 9.47 Å². The monoisotopic (exact) mass is 286 g/mol. The number of ether oxygens (including phenoxy) is 2. The lowest BCUT2D eigenvalue weighted by atomic mass is 10.1. The third-order valence-corrected chi connectivity index (χ3v) is 2.70. The van der Waals surface area contributed by atoms with Crippen molar-refractivity contribution < 1.29 is 14.3 Å². The molecule has 0 aliphatic heterocycles. The zero-order chi connectivity index (χ0) is 15.3. The van der Waals surface area contributed by atoms with Gasteiger partial charge in [0, 0.05) is 12.0 Å². The van der Waals surface area contributed by atoms with Crippen LogP contribution in [0.2, 0.25) is 0 Å². The van der Waals surface area contributed by atoms with Crippen LogP contribution in [-0.4, -0.2) is 12.6 Å². The molecule has 1 aromatic rings. The fourth-order valence-electron chi connectivity index (χ4n) is 1.62. The van der Waals surface area contributed by atoms with Crippen molar-refractivity contribution in [3.63, 3.8) is 0 Å². The van der Waals surface area contributed by atoms with Crippen LogP contribution in [0.4, 0.5) is 0 Å². The highest BCUT2D eigenvalue weighted by atomic mass is 16.5. The Hall–Kier alpha value is -2.21. The molecule has 1 aromatic carbocycles. The van der Waals surface area contributed by atoms with E-state index in [1.807, 2.05) is 30.3 Å². The van der Waals surface area contributed by atoms with E-state index >= 15 is 0 Å². The van der Waals surface area contributed by atoms with Crippen molar-refractivity contribution in [3.8, 4) is 11.8 Å². The van der Waals surface area contributed by atoms with E-state index in [1.165, 1.54) is 12.3 Å². The maximum atomic E-state index is 11.2. The highest BCUT2D eigenvalue weighted by Crippen LogP contribution is 2.16. The highest BCUT2D eigenvalue weighted by molar-refractivity contribution is 5.81. The molecule has 0 aliphatic rings. The molecule has 21 heavy (non-hydrogen) atoms. The van der Waals surface area contributed by atoms with Crippen molar-refractivity contribution in [1.82, 2.24) is 0 Å². The molecule has 1 unspecified atom stereocenters. The molecule has 0 radical (unpaired) electrons. The molecule has 0 bridgehead atoms. The summed E-state index contributed by atoms with van der Waals surface area (Å²) in [4.78, 5) is 11.2. The van der Waals surface area contributed by atoms with Gasteiger partial charge in [-0.25, -0.2) is 4.79 Å². The summed E-state index contributed by atoms with van der Waals surface area (Å²) in [7, 11) is 0. The maximum Gasteiger partial charge on any atom is 0.333 e. The molecule has 0 saturated carbocycles. The van der Waals surface area contributed by atoms with Crippen LogP contribution in [0.1, 0.15) is 44.8 Å². The number of unbranched alkanes of at least 4 members (excludes halogenated alkanes) is 2. The SMILES string of the molecule is CCCCC#CC(O/C=C/C(=O)OCC)c1ccccc1. The van der Waals surface area contributed by atoms with E-state index in [2.05, 4.69) is 18.8 Å². The Morgan fingerprint density at radius 2 is 2.05 bits per heavy atom. The molecule has 112 valence electrons. The van der Waals surface area contributed by atoms with E-state index in [9.17, 15) is 4.79 Å². The van der Waals surface area contributed by atoms with Crippen molar-refractivity contribution in [1.29, 1.82) is 0 Å². The molecule has 0 spiro atoms. The van der Waals surface area contributed by atoms with Gasteiger partial charge in [-0.15, -0.1) is 0 Å². The van der Waals surface area contributed by atoms with Crippen LogP contribution >= 0.6 is 0 Å². The Bertz CT molecular complexity index is 494. The van der Waals surface area contributed by atoms with Crippen LogP contribution in [0.3, 0.4) is 0 Å². The van der Waals surface area contributed by atoms with E-state index in [0.29, 0.717) is 6.61 Å². The van der Waals surface area contributed by atoms with Crippen LogP contribution in [0.15, 0.2) is 42.7 Å². The summed E-state index contributed by atoms with van der Waals surface area (Å²) in [6.07, 6.45) is 5.30. The van der Waals surface area contributed by atoms with Gasteiger partial charge >= 0.3 is 5.97 Å². The summed E-state index contributed by atoms with van der Waals surface area (Å²) < 4.78 is 10.4. The first kappa shape index (κ1) is 16.8. The zero-order valence-corrected chi connectivity index (χ0v) is 12.7. The fourth-order valence-corrected chi connectivity index (χ4v) is 1.62. The van der Waals surface area contributed by atoms with Gasteiger partial charge in [0.2, 0.25) is 0 Å². The van der Waals surface area contributed by atoms with Crippen molar-refractivity contribution in [2.24, 2.45) is 0 Å². The fraction of sp³-hybridized carbons (Fsp3) is 0.389. The Labute approximate surface area is 127 Å². The molecule has 3 nitrogen and oxygen atoms in total. The molecule has 3 heteroatoms. The maximum absolute atomic E-state index is 11.2. The minimum absolute atomic E-state index is 0.349. The van der Waals surface area contributed by atoms with Gasteiger partial charge in [0.05, 0.1) is 18.9 Å². The summed E-state index contributed by atoms with van der Waals surface area (Å²) in [5, 5.41) is 0. The third-order valence-electron chi connectivity index (χ3n) is 2.70. The second-order valence-electron chi connectivity index (χ2n) is 4.41. The minimum atomic E-state index is -0.414. The summed E-state index contributed by atoms with van der Waals surface area (Å²) >= 11 is 0. The van der Waals surface area contributed by atoms with Crippen LogP contribution in [0.5, 0.6) is 0 Å². The number of benzene rings is 1. The summed E-state index contributed by atoms with van der Waals surface area (Å²) in [5.41, 5.74) is 0.968. The molecular formula is C18H22O3. The standard InChI is InChI=1S/C18H22O3/c1-3-5-6-10-13-17(16-11-8-7-9-12-16)21-15-14-18(19)20-4-2/h7-9,11-12,14-15,17H,3-6H2,1-2H3/b15-14+. The van der Waals surface area contributed by atoms with Crippen molar-refractivity contribution >= 4 is 5.97 Å². The smallest absolute Gasteiger partial charge is 0.333 e. The van der Waals surface area contributed by atoms with E-state index < -0.39 is 5.97 Å². The highest BCUT2D eigenvalue weighted by Gasteiger charge is 2.07. The third kappa shape index (κ3) is 7.22. The lowest BCUT2D eigenvalue weighted by molar-refractivity contribution is -0.137. The molecule has 0 saturated heterocycles. The molecule has 1 atom stereocenters. The quantitative estimate of drug-likeness (QED) is 0.250. The number of rotatable bonds is 7. The second-order valence-corrected chi connectivity index (χ2v) is 4.41. The molecule has 0 heterocycles. The summed E-state index contributed by atoms with van der Waals surface area (Å²) in [6, 6.07) is 9.73. The Kier molecular flexibility index (Phi) is 8.47. The van der Waals surface area contributed by atoms with E-state index in [0.717, 1.165) is 24.8 Å². The number of carbonyl (C=O) groups is 1. The Morgan fingerprint density at radius 3 is 2.71 bits per heavy atom. The lowest BCUT2D eigenvalue weighted by Gasteiger charge is -2.10. The zero-order valence-electron chi connectivity index (χ0n) is 12.7. The van der Waals surface area contributed by atoms with E-state index in [-0.39, 0.29) is 6.10 Å². The van der Waals surface area contributed by atoms with Gasteiger partial charge in [-0.05, 0) is 13.3 Å². The first-order valence-electron chi connectivity index (χ1n) is 7.30. The minimum Gasteiger partial charge on any atom is -0.480 e. The van der Waals surface area contributed by atoms with Crippen molar-refractivity contribution in [3.05, 3.63) is 48.2 Å². The predicted octanol–water partition coefficient (Wildman–Crippen LogP) is 4.01. The van der Waals surface area contributed by atoms with Gasteiger partial charge in [-0.3, -0.25) is 0 Å². The molecule has 1 rings (SSSR count). The molecule has 0 N–H and O–H groups in total. The van der Waals surface area contributed by atoms with Crippen LogP contribution in [-0.2, 0) is 14.3 Å². The van der Waals surface area contributed by atoms with Crippen molar-refractivity contribution in [2.45, 2.75) is 39.2 Å². The van der Waals surface area contributed by atoms with E-state index in [4.69, 9.17) is 9.47 Å². The number of hydrogen-bond acceptors (Lipinski definition) is 3. The number of esters is 1. The average molecular weight is 286 g/mol. The second kappa shape index (κ2) is 10.6. The Balaban J connectivity index is 2.68. The molecule has 0 aromatic heterocycles. The number of carbonyl (C=O) groups excluding carboxylic acids is 1. The molecule has 0 amide bonds. The van der Waals surface area contributed by atoms with Gasteiger partial charge in [0.1, 0.15) is 0 Å². The van der Waals surface area contributed by atoms with E-state index in [1.54, 1.807) is 6.92 Å². The lowest BCUT2D eigenvalue weighted by Crippen LogP contribution is -2.01. The molecule has 0 fully saturated rings. The van der Waals surface area contributed by atoms with Crippen LogP contribution < -0.4 is 0 Å². The summed E-state index contributed by atoms with van der Waals surface area (Å²) in [5.74, 6) is 5.81. The van der Waals surface area contributed by atoms with Gasteiger partial charge in [0.25, 0.3) is 0 Å². The van der Waals surface area contributed by atoms with Gasteiger partial charge in [-0.2, -0.15) is 0 Å². The summed E-state index contributed by atoms with van der Waals surface area (Å²) in [6.45, 7) is 4.25. The van der Waals surface area contributed by atoms with Crippen LogP contribution in [0.25, 0.3) is 0 Å². The topological polar surface area (TPSA) is 35.5 Å². The normalized spacial score (nSPS) is 11.5. The average Bonchev–Trinajstić information content (AvgIpc) is 2.51. The Morgan fingerprint density at radius 1 is 1.29 bits per heavy atom. The first-order valence-corrected chi connectivity index (χ1v) is 7.30.